The number of rotatable bonds is 3. The Morgan fingerprint density at radius 1 is 1.50 bits per heavy atom. The van der Waals surface area contributed by atoms with Crippen LogP contribution in [0.2, 0.25) is 0 Å². The average molecular weight is 294 g/mol. The number of nitrogens with two attached hydrogens (primary N) is 1. The lowest BCUT2D eigenvalue weighted by molar-refractivity contribution is 0.181. The van der Waals surface area contributed by atoms with Crippen LogP contribution in [0.1, 0.15) is 12.0 Å². The molecule has 0 saturated carbocycles. The highest BCUT2D eigenvalue weighted by molar-refractivity contribution is 7.89. The van der Waals surface area contributed by atoms with E-state index in [9.17, 15) is 8.42 Å². The first kappa shape index (κ1) is 15.0. The number of benzene rings is 1. The minimum atomic E-state index is -3.52. The molecule has 2 rings (SSSR count). The molecule has 0 spiro atoms. The monoisotopic (exact) mass is 294 g/mol. The van der Waals surface area contributed by atoms with E-state index >= 15 is 0 Å². The first-order valence-electron chi connectivity index (χ1n) is 6.40. The average Bonchev–Trinajstić information content (AvgIpc) is 2.98. The minimum Gasteiger partial charge on any atom is -0.380 e. The van der Waals surface area contributed by atoms with E-state index in [2.05, 4.69) is 11.8 Å². The molecule has 0 aliphatic carbocycles. The largest absolute Gasteiger partial charge is 0.380 e. The number of ether oxygens (including phenoxy) is 1. The molecule has 1 fully saturated rings. The van der Waals surface area contributed by atoms with Crippen molar-refractivity contribution in [1.29, 1.82) is 0 Å². The maximum absolute atomic E-state index is 12.5. The Hall–Kier alpha value is -1.39. The Labute approximate surface area is 119 Å². The second-order valence-electron chi connectivity index (χ2n) is 4.57. The van der Waals surface area contributed by atoms with Crippen molar-refractivity contribution in [3.05, 3.63) is 29.8 Å². The summed E-state index contributed by atoms with van der Waals surface area (Å²) >= 11 is 0. The van der Waals surface area contributed by atoms with Gasteiger partial charge in [-0.05, 0) is 24.6 Å². The predicted octanol–water partition coefficient (Wildman–Crippen LogP) is 0.406. The standard InChI is InChI=1S/C14H18N2O3S/c1-16(13-7-9-19-11-13)20(17,18)14-6-2-4-12(10-14)5-3-8-15/h2,4,6,10,13H,7-9,11,15H2,1H3. The van der Waals surface area contributed by atoms with Crippen molar-refractivity contribution in [1.82, 2.24) is 4.31 Å². The summed E-state index contributed by atoms with van der Waals surface area (Å²) in [5, 5.41) is 0. The fourth-order valence-corrected chi connectivity index (χ4v) is 3.48. The van der Waals surface area contributed by atoms with Gasteiger partial charge in [0.15, 0.2) is 0 Å². The molecule has 1 aliphatic heterocycles. The van der Waals surface area contributed by atoms with Crippen LogP contribution in [0.5, 0.6) is 0 Å². The Morgan fingerprint density at radius 3 is 2.95 bits per heavy atom. The molecule has 20 heavy (non-hydrogen) atoms. The molecule has 108 valence electrons. The summed E-state index contributed by atoms with van der Waals surface area (Å²) in [6.45, 7) is 1.30. The summed E-state index contributed by atoms with van der Waals surface area (Å²) in [4.78, 5) is 0.246. The predicted molar refractivity (Wildman–Crippen MR) is 76.5 cm³/mol. The number of hydrogen-bond acceptors (Lipinski definition) is 4. The zero-order chi connectivity index (χ0) is 14.6. The lowest BCUT2D eigenvalue weighted by atomic mass is 10.2. The van der Waals surface area contributed by atoms with Gasteiger partial charge in [0.1, 0.15) is 0 Å². The van der Waals surface area contributed by atoms with E-state index in [1.807, 2.05) is 0 Å². The van der Waals surface area contributed by atoms with Gasteiger partial charge in [-0.15, -0.1) is 0 Å². The Balaban J connectivity index is 2.29. The van der Waals surface area contributed by atoms with Gasteiger partial charge < -0.3 is 10.5 Å². The fourth-order valence-electron chi connectivity index (χ4n) is 2.06. The van der Waals surface area contributed by atoms with Gasteiger partial charge in [0, 0.05) is 19.2 Å². The SMILES string of the molecule is CN(C1CCOC1)S(=O)(=O)c1cccc(C#CCN)c1. The fraction of sp³-hybridized carbons (Fsp3) is 0.429. The van der Waals surface area contributed by atoms with Crippen molar-refractivity contribution in [3.8, 4) is 11.8 Å². The second kappa shape index (κ2) is 6.37. The lowest BCUT2D eigenvalue weighted by Crippen LogP contribution is -2.37. The van der Waals surface area contributed by atoms with Crippen LogP contribution in [0.25, 0.3) is 0 Å². The molecule has 1 aromatic rings. The highest BCUT2D eigenvalue weighted by Gasteiger charge is 2.30. The van der Waals surface area contributed by atoms with Crippen molar-refractivity contribution < 1.29 is 13.2 Å². The van der Waals surface area contributed by atoms with Crippen LogP contribution in [0.3, 0.4) is 0 Å². The van der Waals surface area contributed by atoms with Gasteiger partial charge >= 0.3 is 0 Å². The normalized spacial score (nSPS) is 18.9. The second-order valence-corrected chi connectivity index (χ2v) is 6.57. The topological polar surface area (TPSA) is 72.6 Å². The van der Waals surface area contributed by atoms with Gasteiger partial charge in [0.05, 0.1) is 24.1 Å². The summed E-state index contributed by atoms with van der Waals surface area (Å²) in [6.07, 6.45) is 0.725. The Kier molecular flexibility index (Phi) is 4.78. The van der Waals surface area contributed by atoms with E-state index in [1.54, 1.807) is 31.3 Å². The molecule has 0 bridgehead atoms. The molecule has 0 aromatic heterocycles. The summed E-state index contributed by atoms with van der Waals surface area (Å²) in [6, 6.07) is 6.51. The maximum Gasteiger partial charge on any atom is 0.243 e. The molecule has 1 aliphatic rings. The van der Waals surface area contributed by atoms with Crippen molar-refractivity contribution in [2.24, 2.45) is 5.73 Å². The van der Waals surface area contributed by atoms with Crippen LogP contribution in [-0.4, -0.2) is 45.6 Å². The number of hydrogen-bond donors (Lipinski definition) is 1. The van der Waals surface area contributed by atoms with Crippen LogP contribution in [0.4, 0.5) is 0 Å². The molecular weight excluding hydrogens is 276 g/mol. The van der Waals surface area contributed by atoms with Crippen molar-refractivity contribution in [3.63, 3.8) is 0 Å². The lowest BCUT2D eigenvalue weighted by Gasteiger charge is -2.22. The molecule has 1 aromatic carbocycles. The van der Waals surface area contributed by atoms with Crippen molar-refractivity contribution >= 4 is 10.0 Å². The van der Waals surface area contributed by atoms with E-state index in [1.165, 1.54) is 4.31 Å². The molecule has 1 heterocycles. The molecular formula is C14H18N2O3S. The van der Waals surface area contributed by atoms with Crippen molar-refractivity contribution in [2.75, 3.05) is 26.8 Å². The molecule has 6 heteroatoms. The molecule has 0 amide bonds. The summed E-state index contributed by atoms with van der Waals surface area (Å²) in [5.74, 6) is 5.56. The summed E-state index contributed by atoms with van der Waals surface area (Å²) < 4.78 is 31.7. The maximum atomic E-state index is 12.5. The van der Waals surface area contributed by atoms with Gasteiger partial charge in [-0.1, -0.05) is 17.9 Å². The quantitative estimate of drug-likeness (QED) is 0.819. The first-order chi connectivity index (χ1) is 9.55. The molecule has 0 radical (unpaired) electrons. The summed E-state index contributed by atoms with van der Waals surface area (Å²) in [5.41, 5.74) is 5.96. The molecule has 5 nitrogen and oxygen atoms in total. The van der Waals surface area contributed by atoms with Crippen LogP contribution in [-0.2, 0) is 14.8 Å². The Morgan fingerprint density at radius 2 is 2.30 bits per heavy atom. The van der Waals surface area contributed by atoms with Gasteiger partial charge in [-0.2, -0.15) is 4.31 Å². The molecule has 1 saturated heterocycles. The van der Waals surface area contributed by atoms with E-state index < -0.39 is 10.0 Å². The zero-order valence-electron chi connectivity index (χ0n) is 11.4. The van der Waals surface area contributed by atoms with Gasteiger partial charge in [0.25, 0.3) is 0 Å². The van der Waals surface area contributed by atoms with Crippen LogP contribution in [0, 0.1) is 11.8 Å². The van der Waals surface area contributed by atoms with Crippen LogP contribution >= 0.6 is 0 Å². The first-order valence-corrected chi connectivity index (χ1v) is 7.84. The van der Waals surface area contributed by atoms with Crippen LogP contribution < -0.4 is 5.73 Å². The number of likely N-dealkylation sites (N-methyl/N-ethyl adjacent to an activating group) is 1. The molecule has 1 atom stereocenters. The summed E-state index contributed by atoms with van der Waals surface area (Å²) in [7, 11) is -1.93. The molecule has 1 unspecified atom stereocenters. The number of sulfonamides is 1. The van der Waals surface area contributed by atoms with Gasteiger partial charge in [0.2, 0.25) is 10.0 Å². The molecule has 2 N–H and O–H groups in total. The highest BCUT2D eigenvalue weighted by atomic mass is 32.2. The highest BCUT2D eigenvalue weighted by Crippen LogP contribution is 2.21. The van der Waals surface area contributed by atoms with Crippen molar-refractivity contribution in [2.45, 2.75) is 17.4 Å². The minimum absolute atomic E-state index is 0.0983. The third-order valence-corrected chi connectivity index (χ3v) is 5.17. The third kappa shape index (κ3) is 3.19. The Bertz CT molecular complexity index is 625. The van der Waals surface area contributed by atoms with E-state index in [0.717, 1.165) is 6.42 Å². The van der Waals surface area contributed by atoms with E-state index in [-0.39, 0.29) is 17.5 Å². The van der Waals surface area contributed by atoms with E-state index in [0.29, 0.717) is 18.8 Å². The van der Waals surface area contributed by atoms with Crippen LogP contribution in [0.15, 0.2) is 29.2 Å². The smallest absolute Gasteiger partial charge is 0.243 e. The third-order valence-electron chi connectivity index (χ3n) is 3.27. The van der Waals surface area contributed by atoms with Gasteiger partial charge in [-0.25, -0.2) is 8.42 Å². The zero-order valence-corrected chi connectivity index (χ0v) is 12.2. The van der Waals surface area contributed by atoms with Gasteiger partial charge in [-0.3, -0.25) is 0 Å². The number of nitrogens with zero attached hydrogens (tertiary/aromatic N) is 1. The van der Waals surface area contributed by atoms with E-state index in [4.69, 9.17) is 10.5 Å².